The van der Waals surface area contributed by atoms with Crippen LogP contribution in [-0.4, -0.2) is 36.3 Å². The molecule has 1 unspecified atom stereocenters. The zero-order valence-corrected chi connectivity index (χ0v) is 13.2. The number of rotatable bonds is 6. The van der Waals surface area contributed by atoms with Crippen LogP contribution < -0.4 is 5.32 Å². The fourth-order valence-electron chi connectivity index (χ4n) is 2.62. The first-order valence-electron chi connectivity index (χ1n) is 7.29. The molecular weight excluding hydrogens is 252 g/mol. The second-order valence-corrected chi connectivity index (χ2v) is 6.54. The number of nitrogens with zero attached hydrogens (tertiary/aromatic N) is 1. The molecule has 0 radical (unpaired) electrons. The molecule has 1 N–H and O–H groups in total. The quantitative estimate of drug-likeness (QED) is 0.803. The third-order valence-corrected chi connectivity index (χ3v) is 4.64. The summed E-state index contributed by atoms with van der Waals surface area (Å²) in [6.45, 7) is 8.02. The topological polar surface area (TPSA) is 15.3 Å². The lowest BCUT2D eigenvalue weighted by Crippen LogP contribution is -2.40. The molecule has 2 rings (SSSR count). The third kappa shape index (κ3) is 4.51. The predicted molar refractivity (Wildman–Crippen MR) is 84.8 cm³/mol. The third-order valence-electron chi connectivity index (χ3n) is 3.89. The highest BCUT2D eigenvalue weighted by atomic mass is 32.2. The molecule has 1 aliphatic rings. The van der Waals surface area contributed by atoms with Crippen molar-refractivity contribution in [1.29, 1.82) is 0 Å². The Hall–Kier alpha value is -0.510. The predicted octanol–water partition coefficient (Wildman–Crippen LogP) is 3.37. The average Bonchev–Trinajstić information content (AvgIpc) is 2.91. The molecule has 1 aliphatic heterocycles. The highest BCUT2D eigenvalue weighted by Gasteiger charge is 2.19. The van der Waals surface area contributed by atoms with Crippen LogP contribution in [0.2, 0.25) is 0 Å². The second-order valence-electron chi connectivity index (χ2n) is 5.66. The number of hydrogen-bond donors (Lipinski definition) is 1. The standard InChI is InChI=1S/C16H26N2S/c1-13(2)18(12-15-5-4-10-17-15)11-14-6-8-16(19-3)9-7-14/h6-9,13,15,17H,4-5,10-12H2,1-3H3. The van der Waals surface area contributed by atoms with E-state index in [9.17, 15) is 0 Å². The first kappa shape index (κ1) is 14.9. The molecule has 0 spiro atoms. The zero-order valence-electron chi connectivity index (χ0n) is 12.4. The molecule has 106 valence electrons. The molecule has 1 heterocycles. The van der Waals surface area contributed by atoms with Gasteiger partial charge in [-0.25, -0.2) is 0 Å². The summed E-state index contributed by atoms with van der Waals surface area (Å²) in [6, 6.07) is 10.3. The second kappa shape index (κ2) is 7.32. The number of thioether (sulfide) groups is 1. The lowest BCUT2D eigenvalue weighted by molar-refractivity contribution is 0.194. The van der Waals surface area contributed by atoms with Gasteiger partial charge >= 0.3 is 0 Å². The summed E-state index contributed by atoms with van der Waals surface area (Å²) in [6.07, 6.45) is 4.79. The Morgan fingerprint density at radius 3 is 2.58 bits per heavy atom. The molecular formula is C16H26N2S. The van der Waals surface area contributed by atoms with Crippen LogP contribution in [0, 0.1) is 0 Å². The van der Waals surface area contributed by atoms with Crippen molar-refractivity contribution in [2.75, 3.05) is 19.3 Å². The molecule has 3 heteroatoms. The van der Waals surface area contributed by atoms with Crippen molar-refractivity contribution in [3.8, 4) is 0 Å². The Bertz CT molecular complexity index is 369. The van der Waals surface area contributed by atoms with Crippen molar-refractivity contribution in [2.24, 2.45) is 0 Å². The molecule has 1 atom stereocenters. The van der Waals surface area contributed by atoms with Crippen molar-refractivity contribution < 1.29 is 0 Å². The Morgan fingerprint density at radius 1 is 1.32 bits per heavy atom. The summed E-state index contributed by atoms with van der Waals surface area (Å²) in [7, 11) is 0. The maximum atomic E-state index is 3.60. The molecule has 0 aliphatic carbocycles. The van der Waals surface area contributed by atoms with Crippen LogP contribution in [0.25, 0.3) is 0 Å². The number of nitrogens with one attached hydrogen (secondary N) is 1. The molecule has 1 aromatic carbocycles. The van der Waals surface area contributed by atoms with Crippen molar-refractivity contribution in [2.45, 2.75) is 50.2 Å². The molecule has 1 saturated heterocycles. The fraction of sp³-hybridized carbons (Fsp3) is 0.625. The normalized spacial score (nSPS) is 19.5. The Morgan fingerprint density at radius 2 is 2.05 bits per heavy atom. The summed E-state index contributed by atoms with van der Waals surface area (Å²) >= 11 is 1.81. The van der Waals surface area contributed by atoms with Crippen LogP contribution in [0.15, 0.2) is 29.2 Å². The van der Waals surface area contributed by atoms with E-state index in [-0.39, 0.29) is 0 Å². The van der Waals surface area contributed by atoms with E-state index in [1.54, 1.807) is 11.8 Å². The van der Waals surface area contributed by atoms with Gasteiger partial charge in [-0.3, -0.25) is 4.90 Å². The summed E-state index contributed by atoms with van der Waals surface area (Å²) < 4.78 is 0. The van der Waals surface area contributed by atoms with Gasteiger partial charge < -0.3 is 5.32 Å². The van der Waals surface area contributed by atoms with Crippen LogP contribution in [0.1, 0.15) is 32.3 Å². The van der Waals surface area contributed by atoms with Gasteiger partial charge in [0.25, 0.3) is 0 Å². The largest absolute Gasteiger partial charge is 0.313 e. The lowest BCUT2D eigenvalue weighted by atomic mass is 10.1. The molecule has 19 heavy (non-hydrogen) atoms. The van der Waals surface area contributed by atoms with Gasteiger partial charge in [0.05, 0.1) is 0 Å². The van der Waals surface area contributed by atoms with Gasteiger partial charge in [0.15, 0.2) is 0 Å². The van der Waals surface area contributed by atoms with E-state index < -0.39 is 0 Å². The summed E-state index contributed by atoms with van der Waals surface area (Å²) in [4.78, 5) is 3.93. The minimum absolute atomic E-state index is 0.600. The SMILES string of the molecule is CSc1ccc(CN(CC2CCCN2)C(C)C)cc1. The minimum Gasteiger partial charge on any atom is -0.313 e. The molecule has 0 saturated carbocycles. The van der Waals surface area contributed by atoms with Crippen LogP contribution >= 0.6 is 11.8 Å². The molecule has 0 bridgehead atoms. The van der Waals surface area contributed by atoms with E-state index in [0.29, 0.717) is 12.1 Å². The molecule has 2 nitrogen and oxygen atoms in total. The molecule has 0 aromatic heterocycles. The Labute approximate surface area is 122 Å². The summed E-state index contributed by atoms with van der Waals surface area (Å²) in [5.41, 5.74) is 1.42. The highest BCUT2D eigenvalue weighted by Crippen LogP contribution is 2.17. The van der Waals surface area contributed by atoms with Crippen molar-refractivity contribution in [1.82, 2.24) is 10.2 Å². The minimum atomic E-state index is 0.600. The molecule has 0 amide bonds. The Balaban J connectivity index is 1.94. The first-order valence-corrected chi connectivity index (χ1v) is 8.52. The van der Waals surface area contributed by atoms with E-state index in [2.05, 4.69) is 54.6 Å². The highest BCUT2D eigenvalue weighted by molar-refractivity contribution is 7.98. The molecule has 1 fully saturated rings. The average molecular weight is 278 g/mol. The van der Waals surface area contributed by atoms with Crippen LogP contribution in [0.3, 0.4) is 0 Å². The maximum Gasteiger partial charge on any atom is 0.0237 e. The first-order chi connectivity index (χ1) is 9.19. The summed E-state index contributed by atoms with van der Waals surface area (Å²) in [5, 5.41) is 3.60. The zero-order chi connectivity index (χ0) is 13.7. The van der Waals surface area contributed by atoms with Gasteiger partial charge in [-0.05, 0) is 57.2 Å². The smallest absolute Gasteiger partial charge is 0.0237 e. The van der Waals surface area contributed by atoms with Gasteiger partial charge in [0.2, 0.25) is 0 Å². The van der Waals surface area contributed by atoms with Gasteiger partial charge in [-0.2, -0.15) is 0 Å². The number of benzene rings is 1. The fourth-order valence-corrected chi connectivity index (χ4v) is 3.03. The number of hydrogen-bond acceptors (Lipinski definition) is 3. The van der Waals surface area contributed by atoms with E-state index in [0.717, 1.165) is 6.54 Å². The van der Waals surface area contributed by atoms with Gasteiger partial charge in [-0.1, -0.05) is 12.1 Å². The van der Waals surface area contributed by atoms with Crippen molar-refractivity contribution in [3.63, 3.8) is 0 Å². The monoisotopic (exact) mass is 278 g/mol. The maximum absolute atomic E-state index is 3.60. The van der Waals surface area contributed by atoms with E-state index >= 15 is 0 Å². The summed E-state index contributed by atoms with van der Waals surface area (Å²) in [5.74, 6) is 0. The van der Waals surface area contributed by atoms with Gasteiger partial charge in [0.1, 0.15) is 0 Å². The van der Waals surface area contributed by atoms with E-state index in [4.69, 9.17) is 0 Å². The van der Waals surface area contributed by atoms with Crippen molar-refractivity contribution in [3.05, 3.63) is 29.8 Å². The van der Waals surface area contributed by atoms with Crippen molar-refractivity contribution >= 4 is 11.8 Å². The van der Waals surface area contributed by atoms with Gasteiger partial charge in [0, 0.05) is 30.1 Å². The Kier molecular flexibility index (Phi) is 5.74. The van der Waals surface area contributed by atoms with Crippen LogP contribution in [0.5, 0.6) is 0 Å². The molecule has 1 aromatic rings. The van der Waals surface area contributed by atoms with Gasteiger partial charge in [-0.15, -0.1) is 11.8 Å². The van der Waals surface area contributed by atoms with Crippen LogP contribution in [-0.2, 0) is 6.54 Å². The van der Waals surface area contributed by atoms with Crippen LogP contribution in [0.4, 0.5) is 0 Å². The van der Waals surface area contributed by atoms with E-state index in [1.807, 2.05) is 0 Å². The lowest BCUT2D eigenvalue weighted by Gasteiger charge is -2.29. The van der Waals surface area contributed by atoms with E-state index in [1.165, 1.54) is 36.4 Å².